The summed E-state index contributed by atoms with van der Waals surface area (Å²) < 4.78 is 34.8. The lowest BCUT2D eigenvalue weighted by molar-refractivity contribution is 0.244. The fourth-order valence-corrected chi connectivity index (χ4v) is 5.72. The van der Waals surface area contributed by atoms with E-state index in [1.165, 1.54) is 0 Å². The highest BCUT2D eigenvalue weighted by atomic mass is 16.6. The zero-order chi connectivity index (χ0) is 34.1. The predicted octanol–water partition coefficient (Wildman–Crippen LogP) is 10.4. The molecule has 4 atom stereocenters. The molecule has 0 aliphatic carbocycles. The minimum Gasteiger partial charge on any atom is -0.493 e. The van der Waals surface area contributed by atoms with E-state index in [1.54, 1.807) is 0 Å². The second kappa shape index (κ2) is 16.2. The Balaban J connectivity index is 0.875. The van der Waals surface area contributed by atoms with Gasteiger partial charge in [-0.05, 0) is 108 Å². The summed E-state index contributed by atoms with van der Waals surface area (Å²) in [6.07, 6.45) is 5.46. The summed E-state index contributed by atoms with van der Waals surface area (Å²) in [4.78, 5) is 4.57. The zero-order valence-corrected chi connectivity index (χ0v) is 28.8. The molecule has 0 spiro atoms. The molecule has 3 heterocycles. The fraction of sp³-hybridized carbons (Fsp3) is 0.326. The molecule has 2 fully saturated rings. The summed E-state index contributed by atoms with van der Waals surface area (Å²) in [5, 5.41) is 0. The highest BCUT2D eigenvalue weighted by Gasteiger charge is 2.23. The topological polar surface area (TPSA) is 74.9 Å². The van der Waals surface area contributed by atoms with Crippen LogP contribution in [0.4, 0.5) is 0 Å². The van der Waals surface area contributed by atoms with Crippen molar-refractivity contribution in [2.45, 2.75) is 51.7 Å². The number of hydrogen-bond donors (Lipinski definition) is 0. The number of aromatic nitrogens is 1. The number of rotatable bonds is 18. The highest BCUT2D eigenvalue weighted by molar-refractivity contribution is 5.66. The normalized spacial score (nSPS) is 17.4. The van der Waals surface area contributed by atoms with Crippen molar-refractivity contribution in [3.8, 4) is 57.0 Å². The lowest BCUT2D eigenvalue weighted by Crippen LogP contribution is -2.09. The van der Waals surface area contributed by atoms with Crippen molar-refractivity contribution >= 4 is 0 Å². The number of hydrogen-bond acceptors (Lipinski definition) is 7. The van der Waals surface area contributed by atoms with E-state index in [-0.39, 0.29) is 0 Å². The van der Waals surface area contributed by atoms with Crippen molar-refractivity contribution in [2.75, 3.05) is 26.4 Å². The molecule has 0 N–H and O–H groups in total. The van der Waals surface area contributed by atoms with E-state index in [0.717, 1.165) is 72.6 Å². The number of benzene rings is 4. The summed E-state index contributed by atoms with van der Waals surface area (Å²) >= 11 is 0. The smallest absolute Gasteiger partial charge is 0.222 e. The number of pyridine rings is 1. The van der Waals surface area contributed by atoms with Crippen LogP contribution in [0.5, 0.6) is 34.8 Å². The van der Waals surface area contributed by atoms with Crippen LogP contribution < -0.4 is 18.9 Å². The molecule has 4 aromatic carbocycles. The van der Waals surface area contributed by atoms with Crippen LogP contribution in [-0.2, 0) is 9.47 Å². The molecule has 0 radical (unpaired) electrons. The van der Waals surface area contributed by atoms with Gasteiger partial charge in [0.1, 0.15) is 23.0 Å². The zero-order valence-electron chi connectivity index (χ0n) is 28.8. The van der Waals surface area contributed by atoms with Gasteiger partial charge in [-0.3, -0.25) is 0 Å². The second-order valence-corrected chi connectivity index (χ2v) is 13.5. The molecular formula is C43H45NO6. The maximum atomic E-state index is 6.07. The number of epoxide rings is 2. The van der Waals surface area contributed by atoms with Crippen molar-refractivity contribution in [3.63, 3.8) is 0 Å². The average Bonchev–Trinajstić information content (AvgIpc) is 4.09. The van der Waals surface area contributed by atoms with Gasteiger partial charge in [0.15, 0.2) is 0 Å². The Kier molecular flexibility index (Phi) is 10.9. The highest BCUT2D eigenvalue weighted by Crippen LogP contribution is 2.30. The SMILES string of the molecule is CC(CCC1CO1)COc1ccc(-c2ccc(Oc3cccc(Oc4ccc(-c5ccc(OCC(C)CCC6CO6)cc5)cc4)n3)cc2)cc1. The Labute approximate surface area is 295 Å². The molecule has 1 aromatic heterocycles. The molecule has 7 heteroatoms. The van der Waals surface area contributed by atoms with Crippen molar-refractivity contribution < 1.29 is 28.4 Å². The molecule has 50 heavy (non-hydrogen) atoms. The van der Waals surface area contributed by atoms with Crippen molar-refractivity contribution in [2.24, 2.45) is 11.8 Å². The Morgan fingerprint density at radius 1 is 0.520 bits per heavy atom. The third kappa shape index (κ3) is 10.1. The standard InChI is InChI=1S/C43H45NO6/c1-30(6-16-40-28-47-40)26-45-36-18-8-32(9-19-36)34-12-22-38(23-13-34)49-42-4-3-5-43(44-42)50-39-24-14-35(15-25-39)33-10-20-37(21-11-33)46-27-31(2)7-17-41-29-48-41/h3-5,8-15,18-25,30-31,40-41H,6-7,16-17,26-29H2,1-2H3. The quantitative estimate of drug-likeness (QED) is 0.0858. The Morgan fingerprint density at radius 2 is 0.860 bits per heavy atom. The average molecular weight is 672 g/mol. The van der Waals surface area contributed by atoms with E-state index in [1.807, 2.05) is 91.0 Å². The fourth-order valence-electron chi connectivity index (χ4n) is 5.72. The molecule has 0 amide bonds. The van der Waals surface area contributed by atoms with E-state index >= 15 is 0 Å². The molecule has 2 saturated heterocycles. The first kappa shape index (κ1) is 33.6. The summed E-state index contributed by atoms with van der Waals surface area (Å²) in [5.41, 5.74) is 4.42. The van der Waals surface area contributed by atoms with Crippen LogP contribution in [0.2, 0.25) is 0 Å². The van der Waals surface area contributed by atoms with Crippen molar-refractivity contribution in [1.82, 2.24) is 4.98 Å². The van der Waals surface area contributed by atoms with Gasteiger partial charge < -0.3 is 28.4 Å². The molecule has 5 aromatic rings. The Hall–Kier alpha value is -4.85. The summed E-state index contributed by atoms with van der Waals surface area (Å²) in [7, 11) is 0. The first-order valence-corrected chi connectivity index (χ1v) is 17.7. The van der Waals surface area contributed by atoms with Gasteiger partial charge in [-0.2, -0.15) is 4.98 Å². The predicted molar refractivity (Wildman–Crippen MR) is 195 cm³/mol. The maximum Gasteiger partial charge on any atom is 0.222 e. The van der Waals surface area contributed by atoms with Gasteiger partial charge >= 0.3 is 0 Å². The van der Waals surface area contributed by atoms with Gasteiger partial charge in [-0.25, -0.2) is 0 Å². The number of ether oxygens (including phenoxy) is 6. The summed E-state index contributed by atoms with van der Waals surface area (Å²) in [6, 6.07) is 38.0. The molecule has 7 rings (SSSR count). The molecule has 4 unspecified atom stereocenters. The van der Waals surface area contributed by atoms with Crippen molar-refractivity contribution in [3.05, 3.63) is 115 Å². The minimum atomic E-state index is 0.459. The lowest BCUT2D eigenvalue weighted by atomic mass is 10.0. The molecule has 0 saturated carbocycles. The lowest BCUT2D eigenvalue weighted by Gasteiger charge is -2.13. The molecule has 2 aliphatic heterocycles. The van der Waals surface area contributed by atoms with E-state index < -0.39 is 0 Å². The third-order valence-corrected chi connectivity index (χ3v) is 9.06. The molecule has 7 nitrogen and oxygen atoms in total. The third-order valence-electron chi connectivity index (χ3n) is 9.06. The maximum absolute atomic E-state index is 6.07. The number of nitrogens with zero attached hydrogens (tertiary/aromatic N) is 1. The summed E-state index contributed by atoms with van der Waals surface area (Å²) in [5.74, 6) is 5.10. The van der Waals surface area contributed by atoms with Gasteiger partial charge in [0.2, 0.25) is 11.8 Å². The molecule has 258 valence electrons. The minimum absolute atomic E-state index is 0.459. The molecule has 2 aliphatic rings. The first-order chi connectivity index (χ1) is 24.5. The van der Waals surface area contributed by atoms with Crippen LogP contribution >= 0.6 is 0 Å². The Morgan fingerprint density at radius 3 is 1.20 bits per heavy atom. The van der Waals surface area contributed by atoms with Crippen LogP contribution in [0.15, 0.2) is 115 Å². The van der Waals surface area contributed by atoms with Gasteiger partial charge in [0, 0.05) is 12.1 Å². The van der Waals surface area contributed by atoms with Crippen LogP contribution in [0.25, 0.3) is 22.3 Å². The van der Waals surface area contributed by atoms with Gasteiger partial charge in [-0.15, -0.1) is 0 Å². The monoisotopic (exact) mass is 671 g/mol. The second-order valence-electron chi connectivity index (χ2n) is 13.5. The van der Waals surface area contributed by atoms with Crippen LogP contribution in [0, 0.1) is 11.8 Å². The van der Waals surface area contributed by atoms with E-state index in [9.17, 15) is 0 Å². The van der Waals surface area contributed by atoms with Gasteiger partial charge in [0.05, 0.1) is 38.6 Å². The molecule has 0 bridgehead atoms. The van der Waals surface area contributed by atoms with Crippen LogP contribution in [0.3, 0.4) is 0 Å². The molecular weight excluding hydrogens is 626 g/mol. The van der Waals surface area contributed by atoms with Crippen LogP contribution in [-0.4, -0.2) is 43.6 Å². The first-order valence-electron chi connectivity index (χ1n) is 17.7. The van der Waals surface area contributed by atoms with Gasteiger partial charge in [-0.1, -0.05) is 68.4 Å². The van der Waals surface area contributed by atoms with E-state index in [2.05, 4.69) is 43.1 Å². The Bertz CT molecular complexity index is 1650. The van der Waals surface area contributed by atoms with Gasteiger partial charge in [0.25, 0.3) is 0 Å². The van der Waals surface area contributed by atoms with Crippen molar-refractivity contribution in [1.29, 1.82) is 0 Å². The van der Waals surface area contributed by atoms with E-state index in [0.29, 0.717) is 60.5 Å². The van der Waals surface area contributed by atoms with Crippen LogP contribution in [0.1, 0.15) is 39.5 Å². The largest absolute Gasteiger partial charge is 0.493 e. The van der Waals surface area contributed by atoms with E-state index in [4.69, 9.17) is 28.4 Å². The summed E-state index contributed by atoms with van der Waals surface area (Å²) in [6.45, 7) is 7.72.